The molecule has 2 N–H and O–H groups in total. The number of hydrogen-bond acceptors (Lipinski definition) is 3. The number of pyridine rings is 1. The quantitative estimate of drug-likeness (QED) is 0.798. The lowest BCUT2D eigenvalue weighted by Crippen LogP contribution is -2.30. The highest BCUT2D eigenvalue weighted by atomic mass is 19.4. The number of rotatable bonds is 4. The second-order valence-electron chi connectivity index (χ2n) is 3.26. The number of nitrogens with one attached hydrogen (secondary N) is 2. The van der Waals surface area contributed by atoms with Gasteiger partial charge in [0.15, 0.2) is 0 Å². The van der Waals surface area contributed by atoms with Crippen molar-refractivity contribution in [2.24, 2.45) is 0 Å². The maximum Gasteiger partial charge on any atom is 0.417 e. The standard InChI is InChI=1S/C11H10F3N3O/c1-2-5-15-10(18)7-17-9-4-3-8(6-16-9)11(12,13)14/h1,3-4,6H,5,7H2,(H,15,18)(H,16,17). The van der Waals surface area contributed by atoms with Crippen molar-refractivity contribution in [1.29, 1.82) is 0 Å². The second-order valence-corrected chi connectivity index (χ2v) is 3.26. The number of carbonyl (C=O) groups is 1. The Morgan fingerprint density at radius 3 is 2.67 bits per heavy atom. The van der Waals surface area contributed by atoms with Gasteiger partial charge in [0.25, 0.3) is 0 Å². The van der Waals surface area contributed by atoms with Crippen molar-refractivity contribution in [3.8, 4) is 12.3 Å². The van der Waals surface area contributed by atoms with Gasteiger partial charge in [0.05, 0.1) is 18.7 Å². The average molecular weight is 257 g/mol. The van der Waals surface area contributed by atoms with Crippen molar-refractivity contribution >= 4 is 11.7 Å². The summed E-state index contributed by atoms with van der Waals surface area (Å²) in [6.45, 7) is -0.0129. The Hall–Kier alpha value is -2.23. The third-order valence-corrected chi connectivity index (χ3v) is 1.91. The van der Waals surface area contributed by atoms with Crippen LogP contribution in [0.1, 0.15) is 5.56 Å². The van der Waals surface area contributed by atoms with Gasteiger partial charge in [-0.15, -0.1) is 6.42 Å². The van der Waals surface area contributed by atoms with Gasteiger partial charge in [-0.3, -0.25) is 4.79 Å². The van der Waals surface area contributed by atoms with Crippen LogP contribution in [0.15, 0.2) is 18.3 Å². The largest absolute Gasteiger partial charge is 0.417 e. The van der Waals surface area contributed by atoms with Crippen LogP contribution < -0.4 is 10.6 Å². The summed E-state index contributed by atoms with van der Waals surface area (Å²) in [5.74, 6) is 2.03. The first-order valence-corrected chi connectivity index (χ1v) is 4.91. The van der Waals surface area contributed by atoms with E-state index in [2.05, 4.69) is 21.5 Å². The van der Waals surface area contributed by atoms with Crippen molar-refractivity contribution < 1.29 is 18.0 Å². The lowest BCUT2D eigenvalue weighted by molar-refractivity contribution is -0.137. The highest BCUT2D eigenvalue weighted by molar-refractivity contribution is 5.80. The van der Waals surface area contributed by atoms with Crippen LogP contribution >= 0.6 is 0 Å². The molecule has 1 amide bonds. The van der Waals surface area contributed by atoms with Crippen molar-refractivity contribution in [2.45, 2.75) is 6.18 Å². The van der Waals surface area contributed by atoms with E-state index in [4.69, 9.17) is 6.42 Å². The summed E-state index contributed by atoms with van der Waals surface area (Å²) in [6, 6.07) is 2.03. The Kier molecular flexibility index (Phi) is 4.54. The maximum atomic E-state index is 12.2. The third-order valence-electron chi connectivity index (χ3n) is 1.91. The molecule has 0 aromatic carbocycles. The molecule has 0 aliphatic rings. The molecule has 0 saturated heterocycles. The van der Waals surface area contributed by atoms with Crippen LogP contribution in [0.2, 0.25) is 0 Å². The maximum absolute atomic E-state index is 12.2. The van der Waals surface area contributed by atoms with Gasteiger partial charge in [-0.1, -0.05) is 5.92 Å². The fraction of sp³-hybridized carbons (Fsp3) is 0.273. The molecule has 1 rings (SSSR count). The summed E-state index contributed by atoms with van der Waals surface area (Å²) in [5.41, 5.74) is -0.843. The van der Waals surface area contributed by atoms with Gasteiger partial charge < -0.3 is 10.6 Å². The minimum absolute atomic E-state index is 0.0982. The molecule has 0 aliphatic carbocycles. The van der Waals surface area contributed by atoms with Crippen LogP contribution in [0, 0.1) is 12.3 Å². The molecule has 7 heteroatoms. The zero-order chi connectivity index (χ0) is 13.6. The molecule has 0 spiro atoms. The molecule has 1 aromatic rings. The van der Waals surface area contributed by atoms with Crippen LogP contribution in [0.5, 0.6) is 0 Å². The Bertz CT molecular complexity index is 448. The highest BCUT2D eigenvalue weighted by Crippen LogP contribution is 2.28. The third kappa shape index (κ3) is 4.33. The van der Waals surface area contributed by atoms with E-state index in [0.29, 0.717) is 6.20 Å². The van der Waals surface area contributed by atoms with Gasteiger partial charge in [0, 0.05) is 6.20 Å². The first-order chi connectivity index (χ1) is 8.43. The highest BCUT2D eigenvalue weighted by Gasteiger charge is 2.30. The topological polar surface area (TPSA) is 54.0 Å². The molecule has 0 fully saturated rings. The van der Waals surface area contributed by atoms with E-state index in [1.807, 2.05) is 0 Å². The monoisotopic (exact) mass is 257 g/mol. The number of nitrogens with zero attached hydrogens (tertiary/aromatic N) is 1. The predicted molar refractivity (Wildman–Crippen MR) is 59.6 cm³/mol. The normalized spacial score (nSPS) is 10.6. The second kappa shape index (κ2) is 5.91. The number of alkyl halides is 3. The van der Waals surface area contributed by atoms with Gasteiger partial charge in [-0.2, -0.15) is 13.2 Å². The summed E-state index contributed by atoms with van der Waals surface area (Å²) in [4.78, 5) is 14.7. The number of carbonyl (C=O) groups excluding carboxylic acids is 1. The van der Waals surface area contributed by atoms with E-state index in [1.54, 1.807) is 0 Å². The smallest absolute Gasteiger partial charge is 0.361 e. The first-order valence-electron chi connectivity index (χ1n) is 4.91. The van der Waals surface area contributed by atoms with Gasteiger partial charge in [-0.25, -0.2) is 4.98 Å². The van der Waals surface area contributed by atoms with Crippen LogP contribution in [0.3, 0.4) is 0 Å². The minimum atomic E-state index is -4.42. The van der Waals surface area contributed by atoms with E-state index >= 15 is 0 Å². The van der Waals surface area contributed by atoms with Gasteiger partial charge >= 0.3 is 6.18 Å². The lowest BCUT2D eigenvalue weighted by atomic mass is 10.3. The molecular formula is C11H10F3N3O. The molecular weight excluding hydrogens is 247 g/mol. The van der Waals surface area contributed by atoms with E-state index < -0.39 is 11.7 Å². The molecule has 1 aromatic heterocycles. The molecule has 0 bridgehead atoms. The SMILES string of the molecule is C#CCNC(=O)CNc1ccc(C(F)(F)F)cn1. The number of aromatic nitrogens is 1. The predicted octanol–water partition coefficient (Wildman–Crippen LogP) is 1.26. The number of hydrogen-bond donors (Lipinski definition) is 2. The zero-order valence-corrected chi connectivity index (χ0v) is 9.21. The Labute approximate surface area is 102 Å². The molecule has 0 radical (unpaired) electrons. The van der Waals surface area contributed by atoms with E-state index in [0.717, 1.165) is 12.1 Å². The van der Waals surface area contributed by atoms with Crippen LogP contribution in [-0.2, 0) is 11.0 Å². The fourth-order valence-corrected chi connectivity index (χ4v) is 1.05. The summed E-state index contributed by atoms with van der Waals surface area (Å²) in [7, 11) is 0. The number of halogens is 3. The molecule has 18 heavy (non-hydrogen) atoms. The number of anilines is 1. The number of terminal acetylenes is 1. The fourth-order valence-electron chi connectivity index (χ4n) is 1.05. The average Bonchev–Trinajstić information content (AvgIpc) is 2.33. The Balaban J connectivity index is 2.50. The number of amides is 1. The van der Waals surface area contributed by atoms with Gasteiger partial charge in [0.1, 0.15) is 5.82 Å². The summed E-state index contributed by atoms with van der Waals surface area (Å²) in [6.07, 6.45) is 1.21. The van der Waals surface area contributed by atoms with E-state index in [1.165, 1.54) is 0 Å². The summed E-state index contributed by atoms with van der Waals surface area (Å²) in [5, 5.41) is 4.97. The molecule has 96 valence electrons. The van der Waals surface area contributed by atoms with Crippen molar-refractivity contribution in [1.82, 2.24) is 10.3 Å². The van der Waals surface area contributed by atoms with Gasteiger partial charge in [0.2, 0.25) is 5.91 Å². The van der Waals surface area contributed by atoms with Crippen molar-refractivity contribution in [2.75, 3.05) is 18.4 Å². The molecule has 4 nitrogen and oxygen atoms in total. The van der Waals surface area contributed by atoms with Crippen molar-refractivity contribution in [3.63, 3.8) is 0 Å². The summed E-state index contributed by atoms with van der Waals surface area (Å²) >= 11 is 0. The Morgan fingerprint density at radius 1 is 1.44 bits per heavy atom. The Morgan fingerprint density at radius 2 is 2.17 bits per heavy atom. The summed E-state index contributed by atoms with van der Waals surface area (Å²) < 4.78 is 36.7. The van der Waals surface area contributed by atoms with Gasteiger partial charge in [-0.05, 0) is 12.1 Å². The molecule has 0 unspecified atom stereocenters. The zero-order valence-electron chi connectivity index (χ0n) is 9.21. The van der Waals surface area contributed by atoms with E-state index in [9.17, 15) is 18.0 Å². The minimum Gasteiger partial charge on any atom is -0.361 e. The molecule has 0 atom stereocenters. The van der Waals surface area contributed by atoms with Crippen LogP contribution in [0.25, 0.3) is 0 Å². The first kappa shape index (κ1) is 13.8. The van der Waals surface area contributed by atoms with E-state index in [-0.39, 0.29) is 24.8 Å². The molecule has 0 aliphatic heterocycles. The molecule has 0 saturated carbocycles. The molecule has 1 heterocycles. The van der Waals surface area contributed by atoms with Crippen LogP contribution in [-0.4, -0.2) is 24.0 Å². The lowest BCUT2D eigenvalue weighted by Gasteiger charge is -2.08. The van der Waals surface area contributed by atoms with Crippen molar-refractivity contribution in [3.05, 3.63) is 23.9 Å². The van der Waals surface area contributed by atoms with Crippen LogP contribution in [0.4, 0.5) is 19.0 Å².